The van der Waals surface area contributed by atoms with Crippen molar-refractivity contribution in [3.63, 3.8) is 0 Å². The van der Waals surface area contributed by atoms with E-state index in [-0.39, 0.29) is 5.91 Å². The minimum atomic E-state index is -0.228. The number of anilines is 1. The van der Waals surface area contributed by atoms with E-state index < -0.39 is 0 Å². The smallest absolute Gasteiger partial charge is 0.264 e. The number of ether oxygens (including phenoxy) is 3. The Labute approximate surface area is 202 Å². The maximum absolute atomic E-state index is 13.9. The van der Waals surface area contributed by atoms with E-state index in [1.54, 1.807) is 37.3 Å². The Balaban J connectivity index is 1.77. The molecular formula is C25H28N4O4S. The molecule has 0 unspecified atom stereocenters. The summed E-state index contributed by atoms with van der Waals surface area (Å²) >= 11 is 1.45. The molecule has 1 amide bonds. The highest BCUT2D eigenvalue weighted by Gasteiger charge is 2.25. The van der Waals surface area contributed by atoms with E-state index in [0.717, 1.165) is 21.6 Å². The van der Waals surface area contributed by atoms with Gasteiger partial charge in [-0.15, -0.1) is 0 Å². The molecule has 8 nitrogen and oxygen atoms in total. The van der Waals surface area contributed by atoms with Crippen LogP contribution in [0, 0.1) is 13.8 Å². The van der Waals surface area contributed by atoms with Gasteiger partial charge in [0.25, 0.3) is 5.91 Å². The van der Waals surface area contributed by atoms with Crippen molar-refractivity contribution in [3.8, 4) is 17.2 Å². The Morgan fingerprint density at radius 2 is 1.91 bits per heavy atom. The second-order valence-electron chi connectivity index (χ2n) is 7.71. The molecule has 0 N–H and O–H groups in total. The summed E-state index contributed by atoms with van der Waals surface area (Å²) in [6.07, 6.45) is 0. The summed E-state index contributed by atoms with van der Waals surface area (Å²) in [5.41, 5.74) is 3.11. The van der Waals surface area contributed by atoms with E-state index in [1.807, 2.05) is 49.7 Å². The van der Waals surface area contributed by atoms with E-state index in [0.29, 0.717) is 47.6 Å². The summed E-state index contributed by atoms with van der Waals surface area (Å²) in [5.74, 6) is 1.52. The van der Waals surface area contributed by atoms with Crippen LogP contribution in [0.4, 0.5) is 5.13 Å². The number of aromatic nitrogens is 3. The van der Waals surface area contributed by atoms with Gasteiger partial charge in [-0.25, -0.2) is 4.98 Å². The average molecular weight is 481 g/mol. The van der Waals surface area contributed by atoms with Crippen LogP contribution >= 0.6 is 11.3 Å². The van der Waals surface area contributed by atoms with Crippen LogP contribution < -0.4 is 19.1 Å². The summed E-state index contributed by atoms with van der Waals surface area (Å²) in [4.78, 5) is 20.4. The number of methoxy groups -OCH3 is 2. The number of aryl methyl sites for hydroxylation is 2. The number of carbonyl (C=O) groups is 1. The van der Waals surface area contributed by atoms with Crippen LogP contribution in [0.15, 0.2) is 42.5 Å². The van der Waals surface area contributed by atoms with Crippen LogP contribution in [0.1, 0.15) is 28.7 Å². The zero-order valence-electron chi connectivity index (χ0n) is 20.0. The molecule has 0 aliphatic carbocycles. The fourth-order valence-corrected chi connectivity index (χ4v) is 4.81. The first-order valence-electron chi connectivity index (χ1n) is 11.0. The lowest BCUT2D eigenvalue weighted by molar-refractivity contribution is 0.0982. The number of thiazole rings is 1. The Morgan fingerprint density at radius 3 is 2.59 bits per heavy atom. The van der Waals surface area contributed by atoms with Crippen LogP contribution in [-0.4, -0.2) is 48.0 Å². The summed E-state index contributed by atoms with van der Waals surface area (Å²) in [7, 11) is 3.12. The molecule has 34 heavy (non-hydrogen) atoms. The highest BCUT2D eigenvalue weighted by Crippen LogP contribution is 2.36. The van der Waals surface area contributed by atoms with Crippen molar-refractivity contribution in [2.75, 3.05) is 32.3 Å². The molecule has 0 aliphatic rings. The van der Waals surface area contributed by atoms with Crippen molar-refractivity contribution < 1.29 is 19.0 Å². The van der Waals surface area contributed by atoms with Gasteiger partial charge in [-0.1, -0.05) is 17.4 Å². The highest BCUT2D eigenvalue weighted by molar-refractivity contribution is 7.22. The van der Waals surface area contributed by atoms with E-state index >= 15 is 0 Å². The molecule has 178 valence electrons. The molecule has 0 fully saturated rings. The minimum absolute atomic E-state index is 0.228. The third-order valence-corrected chi connectivity index (χ3v) is 6.47. The topological polar surface area (TPSA) is 78.7 Å². The molecule has 0 radical (unpaired) electrons. The molecule has 0 saturated carbocycles. The van der Waals surface area contributed by atoms with Gasteiger partial charge in [0.2, 0.25) is 0 Å². The van der Waals surface area contributed by atoms with Gasteiger partial charge < -0.3 is 14.2 Å². The zero-order chi connectivity index (χ0) is 24.2. The number of amides is 1. The van der Waals surface area contributed by atoms with Crippen molar-refractivity contribution in [2.24, 2.45) is 0 Å². The largest absolute Gasteiger partial charge is 0.497 e. The van der Waals surface area contributed by atoms with E-state index in [1.165, 1.54) is 11.3 Å². The predicted octanol–water partition coefficient (Wildman–Crippen LogP) is 4.87. The van der Waals surface area contributed by atoms with Gasteiger partial charge in [-0.2, -0.15) is 5.10 Å². The number of para-hydroxylation sites is 1. The Bertz CT molecular complexity index is 1310. The molecule has 0 bridgehead atoms. The van der Waals surface area contributed by atoms with Crippen molar-refractivity contribution in [1.29, 1.82) is 0 Å². The van der Waals surface area contributed by atoms with E-state index in [9.17, 15) is 4.79 Å². The monoisotopic (exact) mass is 480 g/mol. The number of hydrogen-bond donors (Lipinski definition) is 0. The van der Waals surface area contributed by atoms with Crippen LogP contribution in [0.25, 0.3) is 10.2 Å². The van der Waals surface area contributed by atoms with Crippen LogP contribution in [0.2, 0.25) is 0 Å². The number of benzene rings is 2. The number of hydrogen-bond acceptors (Lipinski definition) is 7. The summed E-state index contributed by atoms with van der Waals surface area (Å²) in [6, 6.07) is 13.0. The molecule has 0 aliphatic heterocycles. The Morgan fingerprint density at radius 1 is 1.09 bits per heavy atom. The molecule has 0 atom stereocenters. The van der Waals surface area contributed by atoms with Gasteiger partial charge in [-0.05, 0) is 57.2 Å². The third-order valence-electron chi connectivity index (χ3n) is 5.42. The van der Waals surface area contributed by atoms with Crippen molar-refractivity contribution in [3.05, 3.63) is 59.4 Å². The first-order chi connectivity index (χ1) is 16.4. The SMILES string of the molecule is CCOc1cccc2sc(N(CCn3nc(C)cc3C)C(=O)c3cc(OC)ccc3OC)nc12. The van der Waals surface area contributed by atoms with Crippen molar-refractivity contribution in [2.45, 2.75) is 27.3 Å². The normalized spacial score (nSPS) is 11.0. The number of fused-ring (bicyclic) bond motifs is 1. The molecule has 0 saturated heterocycles. The summed E-state index contributed by atoms with van der Waals surface area (Å²) in [5, 5.41) is 5.13. The van der Waals surface area contributed by atoms with Gasteiger partial charge in [0, 0.05) is 12.2 Å². The molecule has 4 aromatic rings. The van der Waals surface area contributed by atoms with Crippen molar-refractivity contribution in [1.82, 2.24) is 14.8 Å². The first kappa shape index (κ1) is 23.6. The van der Waals surface area contributed by atoms with Gasteiger partial charge in [-0.3, -0.25) is 14.4 Å². The lowest BCUT2D eigenvalue weighted by atomic mass is 10.1. The van der Waals surface area contributed by atoms with Crippen LogP contribution in [0.3, 0.4) is 0 Å². The highest BCUT2D eigenvalue weighted by atomic mass is 32.1. The second kappa shape index (κ2) is 10.1. The molecule has 2 heterocycles. The average Bonchev–Trinajstić information content (AvgIpc) is 3.41. The standard InChI is InChI=1S/C25H28N4O4S/c1-6-33-21-8-7-9-22-23(21)26-25(34-22)28(12-13-29-17(3)14-16(2)27-29)24(30)19-15-18(31-4)10-11-20(19)32-5/h7-11,14-15H,6,12-13H2,1-5H3. The number of carbonyl (C=O) groups excluding carboxylic acids is 1. The quantitative estimate of drug-likeness (QED) is 0.340. The van der Waals surface area contributed by atoms with Gasteiger partial charge >= 0.3 is 0 Å². The molecule has 0 spiro atoms. The third kappa shape index (κ3) is 4.70. The molecule has 4 rings (SSSR count). The van der Waals surface area contributed by atoms with Gasteiger partial charge in [0.15, 0.2) is 5.13 Å². The van der Waals surface area contributed by atoms with E-state index in [2.05, 4.69) is 5.10 Å². The lowest BCUT2D eigenvalue weighted by Gasteiger charge is -2.21. The van der Waals surface area contributed by atoms with Crippen LogP contribution in [-0.2, 0) is 6.54 Å². The zero-order valence-corrected chi connectivity index (χ0v) is 20.8. The second-order valence-corrected chi connectivity index (χ2v) is 8.71. The number of nitrogens with zero attached hydrogens (tertiary/aromatic N) is 4. The molecule has 9 heteroatoms. The number of rotatable bonds is 9. The Hall–Kier alpha value is -3.59. The first-order valence-corrected chi connectivity index (χ1v) is 11.8. The summed E-state index contributed by atoms with van der Waals surface area (Å²) < 4.78 is 19.5. The minimum Gasteiger partial charge on any atom is -0.497 e. The lowest BCUT2D eigenvalue weighted by Crippen LogP contribution is -2.34. The maximum Gasteiger partial charge on any atom is 0.264 e. The molecular weight excluding hydrogens is 452 g/mol. The Kier molecular flexibility index (Phi) is 7.02. The van der Waals surface area contributed by atoms with Gasteiger partial charge in [0.1, 0.15) is 22.8 Å². The maximum atomic E-state index is 13.9. The predicted molar refractivity (Wildman–Crippen MR) is 134 cm³/mol. The summed E-state index contributed by atoms with van der Waals surface area (Å²) in [6.45, 7) is 7.33. The van der Waals surface area contributed by atoms with E-state index in [4.69, 9.17) is 19.2 Å². The van der Waals surface area contributed by atoms with Crippen molar-refractivity contribution >= 4 is 32.6 Å². The van der Waals surface area contributed by atoms with Crippen LogP contribution in [0.5, 0.6) is 17.2 Å². The fourth-order valence-electron chi connectivity index (χ4n) is 3.81. The van der Waals surface area contributed by atoms with Gasteiger partial charge in [0.05, 0.1) is 43.3 Å². The molecule has 2 aromatic heterocycles. The molecule has 2 aromatic carbocycles. The fraction of sp³-hybridized carbons (Fsp3) is 0.320.